The zero-order chi connectivity index (χ0) is 11.0. The van der Waals surface area contributed by atoms with Gasteiger partial charge in [0, 0.05) is 13.1 Å². The molecule has 0 unspecified atom stereocenters. The number of rotatable bonds is 6. The van der Waals surface area contributed by atoms with Gasteiger partial charge in [-0.3, -0.25) is 0 Å². The van der Waals surface area contributed by atoms with Crippen molar-refractivity contribution in [2.45, 2.75) is 40.5 Å². The van der Waals surface area contributed by atoms with Crippen molar-refractivity contribution in [2.75, 3.05) is 13.1 Å². The van der Waals surface area contributed by atoms with E-state index in [9.17, 15) is 0 Å². The van der Waals surface area contributed by atoms with Gasteiger partial charge >= 0.3 is 0 Å². The van der Waals surface area contributed by atoms with Gasteiger partial charge < -0.3 is 10.6 Å². The van der Waals surface area contributed by atoms with Crippen molar-refractivity contribution in [3.63, 3.8) is 0 Å². The quantitative estimate of drug-likeness (QED) is 0.662. The first-order valence-corrected chi connectivity index (χ1v) is 5.53. The average Bonchev–Trinajstić information content (AvgIpc) is 2.21. The van der Waals surface area contributed by atoms with Crippen molar-refractivity contribution in [3.05, 3.63) is 23.5 Å². The molecule has 0 aliphatic heterocycles. The van der Waals surface area contributed by atoms with Crippen LogP contribution in [-0.4, -0.2) is 18.0 Å². The number of nitrogens with zero attached hydrogens (tertiary/aromatic N) is 1. The fourth-order valence-corrected chi connectivity index (χ4v) is 1.19. The lowest BCUT2D eigenvalue weighted by atomic mass is 10.2. The summed E-state index contributed by atoms with van der Waals surface area (Å²) in [6.07, 6.45) is 6.34. The van der Waals surface area contributed by atoms with Crippen LogP contribution in [0, 0.1) is 0 Å². The molecule has 0 saturated carbocycles. The van der Waals surface area contributed by atoms with Crippen LogP contribution in [0.3, 0.4) is 0 Å². The van der Waals surface area contributed by atoms with Crippen LogP contribution < -0.4 is 5.73 Å². The molecule has 0 heterocycles. The molecule has 0 fully saturated rings. The highest BCUT2D eigenvalue weighted by Gasteiger charge is 1.99. The van der Waals surface area contributed by atoms with Crippen LogP contribution in [-0.2, 0) is 0 Å². The highest BCUT2D eigenvalue weighted by atomic mass is 15.2. The fraction of sp³-hybridized carbons (Fsp3) is 0.667. The van der Waals surface area contributed by atoms with Gasteiger partial charge in [-0.25, -0.2) is 0 Å². The minimum absolute atomic E-state index is 0.877. The van der Waals surface area contributed by atoms with Crippen molar-refractivity contribution in [2.24, 2.45) is 5.73 Å². The van der Waals surface area contributed by atoms with E-state index in [1.54, 1.807) is 0 Å². The third-order valence-electron chi connectivity index (χ3n) is 2.34. The summed E-state index contributed by atoms with van der Waals surface area (Å²) in [7, 11) is 0. The molecule has 0 rings (SSSR count). The number of nitrogens with two attached hydrogens (primary N) is 1. The summed E-state index contributed by atoms with van der Waals surface area (Å²) >= 11 is 0. The van der Waals surface area contributed by atoms with Gasteiger partial charge in [0.15, 0.2) is 0 Å². The zero-order valence-corrected chi connectivity index (χ0v) is 10.0. The van der Waals surface area contributed by atoms with Crippen LogP contribution in [0.2, 0.25) is 0 Å². The lowest BCUT2D eigenvalue weighted by molar-refractivity contribution is 0.358. The van der Waals surface area contributed by atoms with Crippen molar-refractivity contribution >= 4 is 0 Å². The Morgan fingerprint density at radius 2 is 1.86 bits per heavy atom. The second-order valence-corrected chi connectivity index (χ2v) is 3.54. The third-order valence-corrected chi connectivity index (χ3v) is 2.34. The van der Waals surface area contributed by atoms with Gasteiger partial charge in [0.1, 0.15) is 0 Å². The molecule has 82 valence electrons. The smallest absolute Gasteiger partial charge is 0.0986 e. The van der Waals surface area contributed by atoms with Crippen LogP contribution in [0.25, 0.3) is 0 Å². The molecule has 14 heavy (non-hydrogen) atoms. The van der Waals surface area contributed by atoms with Gasteiger partial charge in [0.25, 0.3) is 0 Å². The standard InChI is InChI=1S/C12H24N2/c1-5-10-14(7-3)12(13)9-8-11(4)6-2/h8-9H,5-7,10,13H2,1-4H3/b11-8-,12-9+. The van der Waals surface area contributed by atoms with Gasteiger partial charge in [0.2, 0.25) is 0 Å². The Balaban J connectivity index is 4.32. The minimum atomic E-state index is 0.877. The van der Waals surface area contributed by atoms with E-state index in [1.165, 1.54) is 5.57 Å². The molecular formula is C12H24N2. The second kappa shape index (κ2) is 7.48. The maximum absolute atomic E-state index is 5.96. The minimum Gasteiger partial charge on any atom is -0.385 e. The fourth-order valence-electron chi connectivity index (χ4n) is 1.19. The number of allylic oxidation sites excluding steroid dienone is 3. The predicted molar refractivity (Wildman–Crippen MR) is 63.9 cm³/mol. The summed E-state index contributed by atoms with van der Waals surface area (Å²) in [4.78, 5) is 2.19. The SMILES string of the molecule is CCCN(CC)/C(N)=C/C=C(/C)CC. The summed E-state index contributed by atoms with van der Waals surface area (Å²) < 4.78 is 0. The Morgan fingerprint density at radius 1 is 1.21 bits per heavy atom. The zero-order valence-electron chi connectivity index (χ0n) is 10.0. The van der Waals surface area contributed by atoms with Crippen LogP contribution in [0.5, 0.6) is 0 Å². The molecule has 2 heteroatoms. The van der Waals surface area contributed by atoms with E-state index in [0.29, 0.717) is 0 Å². The highest BCUT2D eigenvalue weighted by Crippen LogP contribution is 2.02. The van der Waals surface area contributed by atoms with E-state index in [-0.39, 0.29) is 0 Å². The first-order chi connectivity index (χ1) is 6.65. The maximum atomic E-state index is 5.96. The number of hydrogen-bond acceptors (Lipinski definition) is 2. The van der Waals surface area contributed by atoms with Crippen LogP contribution in [0.15, 0.2) is 23.5 Å². The third kappa shape index (κ3) is 4.95. The van der Waals surface area contributed by atoms with E-state index in [4.69, 9.17) is 5.73 Å². The van der Waals surface area contributed by atoms with Crippen LogP contribution in [0.1, 0.15) is 40.5 Å². The van der Waals surface area contributed by atoms with Crippen LogP contribution >= 0.6 is 0 Å². The lowest BCUT2D eigenvalue weighted by Crippen LogP contribution is -2.28. The Kier molecular flexibility index (Phi) is 6.99. The Labute approximate surface area is 88.5 Å². The first kappa shape index (κ1) is 13.1. The summed E-state index contributed by atoms with van der Waals surface area (Å²) in [5.74, 6) is 0.877. The van der Waals surface area contributed by atoms with Crippen molar-refractivity contribution in [3.8, 4) is 0 Å². The summed E-state index contributed by atoms with van der Waals surface area (Å²) in [5.41, 5.74) is 7.32. The molecule has 0 spiro atoms. The summed E-state index contributed by atoms with van der Waals surface area (Å²) in [5, 5.41) is 0. The molecule has 2 nitrogen and oxygen atoms in total. The Morgan fingerprint density at radius 3 is 2.29 bits per heavy atom. The molecule has 0 aliphatic rings. The van der Waals surface area contributed by atoms with E-state index in [2.05, 4.69) is 38.7 Å². The Hall–Kier alpha value is -0.920. The van der Waals surface area contributed by atoms with E-state index in [1.807, 2.05) is 6.08 Å². The second-order valence-electron chi connectivity index (χ2n) is 3.54. The molecule has 0 atom stereocenters. The van der Waals surface area contributed by atoms with Gasteiger partial charge in [-0.2, -0.15) is 0 Å². The summed E-state index contributed by atoms with van der Waals surface area (Å²) in [6.45, 7) is 10.6. The first-order valence-electron chi connectivity index (χ1n) is 5.53. The molecular weight excluding hydrogens is 172 g/mol. The molecule has 0 bridgehead atoms. The van der Waals surface area contributed by atoms with Gasteiger partial charge in [-0.05, 0) is 32.8 Å². The summed E-state index contributed by atoms with van der Waals surface area (Å²) in [6, 6.07) is 0. The molecule has 0 aromatic rings. The van der Waals surface area contributed by atoms with E-state index in [0.717, 1.165) is 31.8 Å². The normalized spacial score (nSPS) is 13.1. The Bertz CT molecular complexity index is 204. The molecule has 0 saturated heterocycles. The van der Waals surface area contributed by atoms with Gasteiger partial charge in [-0.1, -0.05) is 25.5 Å². The lowest BCUT2D eigenvalue weighted by Gasteiger charge is -2.21. The van der Waals surface area contributed by atoms with Gasteiger partial charge in [-0.15, -0.1) is 0 Å². The van der Waals surface area contributed by atoms with Crippen LogP contribution in [0.4, 0.5) is 0 Å². The average molecular weight is 196 g/mol. The topological polar surface area (TPSA) is 29.3 Å². The largest absolute Gasteiger partial charge is 0.385 e. The number of hydrogen-bond donors (Lipinski definition) is 1. The highest BCUT2D eigenvalue weighted by molar-refractivity contribution is 5.14. The molecule has 0 aromatic carbocycles. The van der Waals surface area contributed by atoms with E-state index >= 15 is 0 Å². The van der Waals surface area contributed by atoms with Gasteiger partial charge in [0.05, 0.1) is 5.82 Å². The predicted octanol–water partition coefficient (Wildman–Crippen LogP) is 2.87. The molecule has 2 N–H and O–H groups in total. The van der Waals surface area contributed by atoms with Crippen molar-refractivity contribution in [1.82, 2.24) is 4.90 Å². The van der Waals surface area contributed by atoms with E-state index < -0.39 is 0 Å². The molecule has 0 aliphatic carbocycles. The molecule has 0 radical (unpaired) electrons. The van der Waals surface area contributed by atoms with Crippen molar-refractivity contribution in [1.29, 1.82) is 0 Å². The maximum Gasteiger partial charge on any atom is 0.0986 e. The molecule has 0 aromatic heterocycles. The monoisotopic (exact) mass is 196 g/mol. The van der Waals surface area contributed by atoms with Crippen molar-refractivity contribution < 1.29 is 0 Å². The molecule has 0 amide bonds.